The van der Waals surface area contributed by atoms with Crippen molar-refractivity contribution >= 4 is 34.9 Å². The lowest BCUT2D eigenvalue weighted by Crippen LogP contribution is -2.44. The normalized spacial score (nSPS) is 13.1. The fourth-order valence-corrected chi connectivity index (χ4v) is 1.40. The van der Waals surface area contributed by atoms with E-state index in [9.17, 15) is 9.59 Å². The second-order valence-corrected chi connectivity index (χ2v) is 3.80. The smallest absolute Gasteiger partial charge is 0.158 e. The quantitative estimate of drug-likeness (QED) is 0.134. The summed E-state index contributed by atoms with van der Waals surface area (Å²) in [6.07, 6.45) is -0.770. The van der Waals surface area contributed by atoms with Gasteiger partial charge in [0.25, 0.3) is 0 Å². The highest BCUT2D eigenvalue weighted by molar-refractivity contribution is 6.27. The molecule has 0 aromatic rings. The summed E-state index contributed by atoms with van der Waals surface area (Å²) in [4.78, 5) is 23.4. The molecule has 0 amide bonds. The third-order valence-corrected chi connectivity index (χ3v) is 2.24. The molecule has 12 N–H and O–H groups in total. The van der Waals surface area contributed by atoms with E-state index in [2.05, 4.69) is 0 Å². The molecule has 0 aromatic heterocycles. The van der Waals surface area contributed by atoms with E-state index in [0.717, 1.165) is 0 Å². The van der Waals surface area contributed by atoms with Crippen LogP contribution in [-0.4, -0.2) is 34.9 Å². The fourth-order valence-electron chi connectivity index (χ4n) is 1.40. The van der Waals surface area contributed by atoms with E-state index >= 15 is 0 Å². The predicted molar refractivity (Wildman–Crippen MR) is 69.3 cm³/mol. The van der Waals surface area contributed by atoms with Crippen LogP contribution in [-0.2, 0) is 9.59 Å². The zero-order valence-electron chi connectivity index (χ0n) is 9.99. The number of ketones is 2. The summed E-state index contributed by atoms with van der Waals surface area (Å²) in [6, 6.07) is 0. The number of amidine groups is 4. The summed E-state index contributed by atoms with van der Waals surface area (Å²) in [5.41, 5.74) is 20.4. The van der Waals surface area contributed by atoms with Gasteiger partial charge >= 0.3 is 0 Å². The minimum absolute atomic E-state index is 0.660. The van der Waals surface area contributed by atoms with Crippen LogP contribution in [0.4, 0.5) is 0 Å². The Morgan fingerprint density at radius 3 is 1.05 bits per heavy atom. The van der Waals surface area contributed by atoms with Crippen molar-refractivity contribution in [3.8, 4) is 0 Å². The number of nitrogens with two attached hydrogens (primary N) is 4. The van der Waals surface area contributed by atoms with Gasteiger partial charge in [-0.1, -0.05) is 0 Å². The average Bonchev–Trinajstić information content (AvgIpc) is 2.13. The molecule has 104 valence electrons. The Morgan fingerprint density at radius 2 is 0.895 bits per heavy atom. The summed E-state index contributed by atoms with van der Waals surface area (Å²) < 4.78 is 0. The Bertz CT molecular complexity index is 399. The minimum Gasteiger partial charge on any atom is -0.387 e. The Labute approximate surface area is 108 Å². The van der Waals surface area contributed by atoms with Gasteiger partial charge in [-0.25, -0.2) is 0 Å². The standard InChI is InChI=1S/C9H16N8O2/c10-6(11)4(7(12)13)2(18)1-3(19)5(8(14)15)9(16)17/h4-5H,1H2,(H3,10,11)(H3,12,13)(H3,14,15)(H3,16,17). The second-order valence-electron chi connectivity index (χ2n) is 3.80. The molecule has 0 aromatic carbocycles. The van der Waals surface area contributed by atoms with Gasteiger partial charge in [-0.15, -0.1) is 0 Å². The van der Waals surface area contributed by atoms with Crippen molar-refractivity contribution in [1.82, 2.24) is 0 Å². The lowest BCUT2D eigenvalue weighted by atomic mass is 9.91. The summed E-state index contributed by atoms with van der Waals surface area (Å²) in [7, 11) is 0. The Hall–Kier alpha value is -2.78. The van der Waals surface area contributed by atoms with Crippen LogP contribution in [0.1, 0.15) is 6.42 Å². The van der Waals surface area contributed by atoms with Crippen molar-refractivity contribution < 1.29 is 9.59 Å². The average molecular weight is 268 g/mol. The minimum atomic E-state index is -1.50. The molecule has 0 atom stereocenters. The maximum Gasteiger partial charge on any atom is 0.158 e. The molecular formula is C9H16N8O2. The zero-order chi connectivity index (χ0) is 15.3. The monoisotopic (exact) mass is 268 g/mol. The molecule has 0 aliphatic rings. The highest BCUT2D eigenvalue weighted by atomic mass is 16.1. The van der Waals surface area contributed by atoms with Crippen LogP contribution in [0.3, 0.4) is 0 Å². The van der Waals surface area contributed by atoms with Crippen LogP contribution in [0.25, 0.3) is 0 Å². The number of carbonyl (C=O) groups excluding carboxylic acids is 2. The van der Waals surface area contributed by atoms with Crippen molar-refractivity contribution in [2.45, 2.75) is 6.42 Å². The van der Waals surface area contributed by atoms with E-state index in [4.69, 9.17) is 44.6 Å². The largest absolute Gasteiger partial charge is 0.387 e. The molecule has 0 unspecified atom stereocenters. The van der Waals surface area contributed by atoms with Crippen molar-refractivity contribution in [1.29, 1.82) is 21.6 Å². The fraction of sp³-hybridized carbons (Fsp3) is 0.333. The van der Waals surface area contributed by atoms with Crippen molar-refractivity contribution in [2.75, 3.05) is 0 Å². The molecule has 0 bridgehead atoms. The molecule has 10 heteroatoms. The van der Waals surface area contributed by atoms with Gasteiger partial charge in [-0.3, -0.25) is 31.2 Å². The number of rotatable bonds is 8. The number of carbonyl (C=O) groups is 2. The third kappa shape index (κ3) is 4.18. The van der Waals surface area contributed by atoms with Crippen molar-refractivity contribution in [3.63, 3.8) is 0 Å². The maximum atomic E-state index is 11.7. The van der Waals surface area contributed by atoms with Crippen molar-refractivity contribution in [3.05, 3.63) is 0 Å². The summed E-state index contributed by atoms with van der Waals surface area (Å²) >= 11 is 0. The first-order valence-corrected chi connectivity index (χ1v) is 5.00. The first kappa shape index (κ1) is 16.2. The topological polar surface area (TPSA) is 234 Å². The second kappa shape index (κ2) is 6.23. The first-order chi connectivity index (χ1) is 8.59. The number of nitrogens with one attached hydrogen (secondary N) is 4. The maximum absolute atomic E-state index is 11.7. The molecule has 19 heavy (non-hydrogen) atoms. The zero-order valence-corrected chi connectivity index (χ0v) is 9.99. The van der Waals surface area contributed by atoms with Crippen LogP contribution in [0.5, 0.6) is 0 Å². The Balaban J connectivity index is 5.04. The van der Waals surface area contributed by atoms with Gasteiger partial charge in [-0.2, -0.15) is 0 Å². The van der Waals surface area contributed by atoms with Crippen LogP contribution in [0.2, 0.25) is 0 Å². The number of Topliss-reactive ketones (excluding diaryl/α,β-unsaturated/α-hetero) is 2. The molecule has 0 radical (unpaired) electrons. The van der Waals surface area contributed by atoms with E-state index in [1.807, 2.05) is 0 Å². The molecule has 0 rings (SSSR count). The van der Waals surface area contributed by atoms with Gasteiger partial charge in [-0.05, 0) is 0 Å². The lowest BCUT2D eigenvalue weighted by molar-refractivity contribution is -0.127. The highest BCUT2D eigenvalue weighted by Gasteiger charge is 2.31. The van der Waals surface area contributed by atoms with E-state index in [-0.39, 0.29) is 0 Å². The van der Waals surface area contributed by atoms with E-state index in [1.165, 1.54) is 0 Å². The van der Waals surface area contributed by atoms with Gasteiger partial charge in [0.05, 0.1) is 6.42 Å². The van der Waals surface area contributed by atoms with Gasteiger partial charge in [0, 0.05) is 0 Å². The van der Waals surface area contributed by atoms with Crippen LogP contribution in [0.15, 0.2) is 0 Å². The predicted octanol–water partition coefficient (Wildman–Crippen LogP) is -2.51. The number of hydrogen-bond donors (Lipinski definition) is 8. The van der Waals surface area contributed by atoms with Gasteiger partial charge in [0.2, 0.25) is 0 Å². The van der Waals surface area contributed by atoms with E-state index in [0.29, 0.717) is 0 Å². The summed E-state index contributed by atoms with van der Waals surface area (Å²) in [6.45, 7) is 0. The highest BCUT2D eigenvalue weighted by Crippen LogP contribution is 2.07. The molecule has 0 aliphatic heterocycles. The molecule has 0 saturated heterocycles. The van der Waals surface area contributed by atoms with E-state index in [1.54, 1.807) is 0 Å². The molecule has 0 saturated carbocycles. The van der Waals surface area contributed by atoms with Crippen LogP contribution < -0.4 is 22.9 Å². The number of hydrogen-bond acceptors (Lipinski definition) is 6. The molecule has 10 nitrogen and oxygen atoms in total. The van der Waals surface area contributed by atoms with E-state index < -0.39 is 53.2 Å². The lowest BCUT2D eigenvalue weighted by Gasteiger charge is -2.15. The van der Waals surface area contributed by atoms with Gasteiger partial charge < -0.3 is 22.9 Å². The van der Waals surface area contributed by atoms with Crippen LogP contribution >= 0.6 is 0 Å². The molecule has 0 heterocycles. The molecule has 0 spiro atoms. The van der Waals surface area contributed by atoms with Crippen LogP contribution in [0, 0.1) is 33.5 Å². The van der Waals surface area contributed by atoms with Gasteiger partial charge in [0.1, 0.15) is 35.2 Å². The molecular weight excluding hydrogens is 252 g/mol. The molecule has 0 aliphatic carbocycles. The Kier molecular flexibility index (Phi) is 5.32. The summed E-state index contributed by atoms with van der Waals surface area (Å²) in [5, 5.41) is 28.5. The van der Waals surface area contributed by atoms with Crippen molar-refractivity contribution in [2.24, 2.45) is 34.8 Å². The summed E-state index contributed by atoms with van der Waals surface area (Å²) in [5.74, 6) is -7.39. The van der Waals surface area contributed by atoms with Gasteiger partial charge in [0.15, 0.2) is 11.6 Å². The SMILES string of the molecule is N=C(N)C(C(=N)N)C(=O)CC(=O)C(C(=N)N)C(=N)N. The Morgan fingerprint density at radius 1 is 0.684 bits per heavy atom. The third-order valence-electron chi connectivity index (χ3n) is 2.24. The molecule has 0 fully saturated rings. The first-order valence-electron chi connectivity index (χ1n) is 5.00.